The molecule has 0 rings (SSSR count). The molecule has 0 unspecified atom stereocenters. The first-order valence-corrected chi connectivity index (χ1v) is 0. The van der Waals surface area contributed by atoms with Crippen LogP contribution in [-0.2, 0) is 22.4 Å². The molecule has 0 saturated heterocycles. The molecule has 5 heavy (non-hydrogen) atoms. The summed E-state index contributed by atoms with van der Waals surface area (Å²) in [5.41, 5.74) is 0. The average molecular weight is 204 g/mol. The van der Waals surface area contributed by atoms with E-state index < -0.39 is 0 Å². The van der Waals surface area contributed by atoms with Gasteiger partial charge in [-0.1, -0.05) is 0 Å². The Balaban J connectivity index is 0. The zero-order valence-electron chi connectivity index (χ0n) is 8.30. The molecule has 0 spiro atoms. The van der Waals surface area contributed by atoms with Crippen molar-refractivity contribution in [3.63, 3.8) is 0 Å². The van der Waals surface area contributed by atoms with Crippen LogP contribution in [0, 0.1) is 0 Å². The van der Waals surface area contributed by atoms with Crippen LogP contribution in [0.1, 0.15) is 5.71 Å². The average Bonchev–Trinajstić information content (AvgIpc) is 0. The fourth-order valence-corrected chi connectivity index (χ4v) is 0. The molecule has 0 nitrogen and oxygen atoms in total. The van der Waals surface area contributed by atoms with Crippen LogP contribution in [0.3, 0.4) is 0 Å². The predicted octanol–water partition coefficient (Wildman–Crippen LogP) is -11.5. The third-order valence-corrected chi connectivity index (χ3v) is 0. The number of hydrogen-bond donors (Lipinski definition) is 0. The molecule has 19 valence electrons. The van der Waals surface area contributed by atoms with Gasteiger partial charge in [0.05, 0.1) is 0 Å². The quantitative estimate of drug-likeness (QED) is 0.344. The third kappa shape index (κ3) is 17.7. The van der Waals surface area contributed by atoms with Gasteiger partial charge in [-0.25, -0.2) is 0 Å². The Labute approximate surface area is 143 Å². The molecular formula is H4AgNa4. The summed E-state index contributed by atoms with van der Waals surface area (Å²) in [6, 6.07) is 0. The maximum absolute atomic E-state index is 0. The van der Waals surface area contributed by atoms with Crippen LogP contribution in [0.15, 0.2) is 0 Å². The normalized spacial score (nSPS) is 0. The minimum absolute atomic E-state index is 0. The maximum atomic E-state index is 0. The second-order valence-corrected chi connectivity index (χ2v) is 0. The van der Waals surface area contributed by atoms with Crippen molar-refractivity contribution in [2.24, 2.45) is 0 Å². The summed E-state index contributed by atoms with van der Waals surface area (Å²) in [7, 11) is 0. The summed E-state index contributed by atoms with van der Waals surface area (Å²) in [5.74, 6) is 0. The van der Waals surface area contributed by atoms with Gasteiger partial charge < -0.3 is 5.71 Å². The summed E-state index contributed by atoms with van der Waals surface area (Å²) in [5, 5.41) is 0. The van der Waals surface area contributed by atoms with Gasteiger partial charge in [-0.15, -0.1) is 0 Å². The predicted molar refractivity (Wildman–Crippen MR) is 4.45 cm³/mol. The minimum Gasteiger partial charge on any atom is -1.00 e. The molecule has 0 amide bonds. The first kappa shape index (κ1) is 33.1. The number of rotatable bonds is 0. The van der Waals surface area contributed by atoms with Crippen molar-refractivity contribution >= 4 is 0 Å². The van der Waals surface area contributed by atoms with Crippen LogP contribution in [-0.4, -0.2) is 0 Å². The standard InChI is InChI=1S/Ag.4Na.4H/q;4*+1;4*-1. The first-order valence-electron chi connectivity index (χ1n) is 0. The van der Waals surface area contributed by atoms with Crippen molar-refractivity contribution in [3.05, 3.63) is 0 Å². The molecule has 0 aromatic heterocycles. The smallest absolute Gasteiger partial charge is 1.00 e. The zero-order chi connectivity index (χ0) is 0. The van der Waals surface area contributed by atoms with Crippen LogP contribution < -0.4 is 118 Å². The first-order chi connectivity index (χ1) is 0. The molecule has 0 aromatic rings. The van der Waals surface area contributed by atoms with Gasteiger partial charge in [0.1, 0.15) is 0 Å². The number of hydrogen-bond acceptors (Lipinski definition) is 0. The molecule has 0 saturated carbocycles. The third-order valence-electron chi connectivity index (χ3n) is 0. The van der Waals surface area contributed by atoms with Crippen LogP contribution in [0.2, 0.25) is 0 Å². The molecule has 0 heterocycles. The van der Waals surface area contributed by atoms with Gasteiger partial charge in [-0.05, 0) is 0 Å². The van der Waals surface area contributed by atoms with Crippen molar-refractivity contribution in [2.75, 3.05) is 0 Å². The molecule has 0 N–H and O–H groups in total. The van der Waals surface area contributed by atoms with E-state index in [1.165, 1.54) is 0 Å². The second-order valence-electron chi connectivity index (χ2n) is 0. The van der Waals surface area contributed by atoms with E-state index in [4.69, 9.17) is 0 Å². The molecule has 5 heteroatoms. The Morgan fingerprint density at radius 1 is 0.600 bits per heavy atom. The zero-order valence-corrected chi connectivity index (χ0v) is 13.8. The van der Waals surface area contributed by atoms with Gasteiger partial charge in [-0.2, -0.15) is 0 Å². The fraction of sp³-hybridized carbons (Fsp3) is 0. The maximum Gasteiger partial charge on any atom is 1.00 e. The van der Waals surface area contributed by atoms with Crippen molar-refractivity contribution in [1.29, 1.82) is 0 Å². The van der Waals surface area contributed by atoms with E-state index in [0.29, 0.717) is 0 Å². The Bertz CT molecular complexity index is 12.5. The van der Waals surface area contributed by atoms with Crippen LogP contribution >= 0.6 is 0 Å². The molecule has 1 radical (unpaired) electrons. The van der Waals surface area contributed by atoms with E-state index in [9.17, 15) is 0 Å². The Kier molecular flexibility index (Phi) is 154. The van der Waals surface area contributed by atoms with E-state index in [0.717, 1.165) is 0 Å². The van der Waals surface area contributed by atoms with Crippen LogP contribution in [0.5, 0.6) is 0 Å². The van der Waals surface area contributed by atoms with Gasteiger partial charge in [0, 0.05) is 22.4 Å². The Morgan fingerprint density at radius 2 is 0.600 bits per heavy atom. The van der Waals surface area contributed by atoms with E-state index in [-0.39, 0.29) is 146 Å². The van der Waals surface area contributed by atoms with Gasteiger partial charge in [-0.3, -0.25) is 0 Å². The largest absolute Gasteiger partial charge is 1.00 e. The van der Waals surface area contributed by atoms with E-state index in [1.54, 1.807) is 0 Å². The van der Waals surface area contributed by atoms with E-state index >= 15 is 0 Å². The van der Waals surface area contributed by atoms with Crippen molar-refractivity contribution in [1.82, 2.24) is 0 Å². The molecule has 0 atom stereocenters. The van der Waals surface area contributed by atoms with Crippen molar-refractivity contribution in [2.45, 2.75) is 0 Å². The van der Waals surface area contributed by atoms with Crippen LogP contribution in [0.25, 0.3) is 0 Å². The monoisotopic (exact) mass is 203 g/mol. The summed E-state index contributed by atoms with van der Waals surface area (Å²) >= 11 is 0. The fourth-order valence-electron chi connectivity index (χ4n) is 0. The Morgan fingerprint density at radius 3 is 0.600 bits per heavy atom. The summed E-state index contributed by atoms with van der Waals surface area (Å²) in [4.78, 5) is 0. The van der Waals surface area contributed by atoms with Gasteiger partial charge >= 0.3 is 118 Å². The molecule has 0 aliphatic heterocycles. The molecule has 0 aliphatic carbocycles. The second kappa shape index (κ2) is 23.3. The SMILES string of the molecule is [Ag].[H-].[H-].[H-].[H-].[Na+].[Na+].[Na+].[Na+]. The van der Waals surface area contributed by atoms with Crippen LogP contribution in [0.4, 0.5) is 0 Å². The minimum atomic E-state index is 0. The molecule has 0 fully saturated rings. The van der Waals surface area contributed by atoms with E-state index in [2.05, 4.69) is 0 Å². The van der Waals surface area contributed by atoms with E-state index in [1.807, 2.05) is 0 Å². The van der Waals surface area contributed by atoms with Gasteiger partial charge in [0.15, 0.2) is 0 Å². The Hall–Kier alpha value is 4.74. The molecule has 0 aliphatic rings. The summed E-state index contributed by atoms with van der Waals surface area (Å²) in [6.07, 6.45) is 0. The van der Waals surface area contributed by atoms with Crippen molar-refractivity contribution in [3.8, 4) is 0 Å². The molecule has 0 aromatic carbocycles. The molecular weight excluding hydrogens is 200 g/mol. The van der Waals surface area contributed by atoms with Crippen molar-refractivity contribution < 1.29 is 146 Å². The molecule has 0 bridgehead atoms. The summed E-state index contributed by atoms with van der Waals surface area (Å²) in [6.45, 7) is 0. The van der Waals surface area contributed by atoms with Gasteiger partial charge in [0.25, 0.3) is 0 Å². The summed E-state index contributed by atoms with van der Waals surface area (Å²) < 4.78 is 0. The topological polar surface area (TPSA) is 0 Å². The van der Waals surface area contributed by atoms with Gasteiger partial charge in [0.2, 0.25) is 0 Å².